The maximum absolute atomic E-state index is 6.13. The number of aromatic amines is 1. The molecule has 3 aromatic rings. The van der Waals surface area contributed by atoms with Crippen molar-refractivity contribution in [3.63, 3.8) is 0 Å². The molecule has 25 heavy (non-hydrogen) atoms. The van der Waals surface area contributed by atoms with Crippen molar-refractivity contribution in [2.75, 3.05) is 18.0 Å². The summed E-state index contributed by atoms with van der Waals surface area (Å²) >= 11 is 12.1. The first-order chi connectivity index (χ1) is 11.1. The van der Waals surface area contributed by atoms with Crippen molar-refractivity contribution in [2.45, 2.75) is 6.92 Å². The van der Waals surface area contributed by atoms with Gasteiger partial charge < -0.3 is 15.4 Å². The Labute approximate surface area is 161 Å². The molecule has 1 aliphatic rings. The van der Waals surface area contributed by atoms with Crippen molar-refractivity contribution < 1.29 is 5.48 Å². The lowest BCUT2D eigenvalue weighted by molar-refractivity contribution is 0.824. The van der Waals surface area contributed by atoms with Gasteiger partial charge >= 0.3 is 0 Å². The van der Waals surface area contributed by atoms with Crippen LogP contribution in [-0.4, -0.2) is 33.5 Å². The summed E-state index contributed by atoms with van der Waals surface area (Å²) in [7, 11) is 0. The van der Waals surface area contributed by atoms with Gasteiger partial charge in [0, 0.05) is 18.8 Å². The Kier molecular flexibility index (Phi) is 5.95. The van der Waals surface area contributed by atoms with Gasteiger partial charge in [-0.2, -0.15) is 0 Å². The zero-order valence-electron chi connectivity index (χ0n) is 13.4. The summed E-state index contributed by atoms with van der Waals surface area (Å²) in [5, 5.41) is 1.08. The molecule has 4 rings (SSSR count). The molecule has 3 N–H and O–H groups in total. The van der Waals surface area contributed by atoms with Crippen LogP contribution in [0, 0.1) is 6.92 Å². The topological polar surface area (TPSA) is 76.3 Å². The van der Waals surface area contributed by atoms with E-state index < -0.39 is 0 Å². The zero-order valence-corrected chi connectivity index (χ0v) is 15.7. The van der Waals surface area contributed by atoms with Crippen LogP contribution >= 0.6 is 35.6 Å². The largest absolute Gasteiger partial charge is 0.412 e. The van der Waals surface area contributed by atoms with Gasteiger partial charge in [0.05, 0.1) is 15.6 Å². The van der Waals surface area contributed by atoms with E-state index in [4.69, 9.17) is 23.2 Å². The summed E-state index contributed by atoms with van der Waals surface area (Å²) in [6.45, 7) is 3.65. The molecule has 5 nitrogen and oxygen atoms in total. The minimum absolute atomic E-state index is 0. The third kappa shape index (κ3) is 3.60. The normalized spacial score (nSPS) is 13.0. The molecule has 0 fully saturated rings. The Bertz CT molecular complexity index is 931. The quantitative estimate of drug-likeness (QED) is 0.656. The lowest BCUT2D eigenvalue weighted by Crippen LogP contribution is -2.20. The van der Waals surface area contributed by atoms with Crippen molar-refractivity contribution >= 4 is 52.5 Å². The van der Waals surface area contributed by atoms with Crippen LogP contribution in [0.1, 0.15) is 5.82 Å². The number of aryl methyl sites for hydroxylation is 1. The molecule has 0 bridgehead atoms. The average molecular weight is 400 g/mol. The number of rotatable bonds is 2. The highest BCUT2D eigenvalue weighted by atomic mass is 35.5. The highest BCUT2D eigenvalue weighted by Gasteiger charge is 2.17. The van der Waals surface area contributed by atoms with Crippen LogP contribution in [0.2, 0.25) is 10.0 Å². The fourth-order valence-electron chi connectivity index (χ4n) is 2.81. The summed E-state index contributed by atoms with van der Waals surface area (Å²) in [5.41, 5.74) is 3.77. The molecule has 2 aromatic heterocycles. The Morgan fingerprint density at radius 1 is 1.04 bits per heavy atom. The Morgan fingerprint density at radius 3 is 2.44 bits per heavy atom. The number of aromatic nitrogens is 3. The summed E-state index contributed by atoms with van der Waals surface area (Å²) in [4.78, 5) is 14.8. The van der Waals surface area contributed by atoms with Gasteiger partial charge in [-0.05, 0) is 30.7 Å². The first-order valence-electron chi connectivity index (χ1n) is 7.34. The van der Waals surface area contributed by atoms with Crippen molar-refractivity contribution in [1.82, 2.24) is 15.0 Å². The monoisotopic (exact) mass is 398 g/mol. The number of hydrogen-bond acceptors (Lipinski definition) is 3. The molecule has 1 aliphatic heterocycles. The minimum atomic E-state index is 0. The van der Waals surface area contributed by atoms with Gasteiger partial charge in [-0.1, -0.05) is 41.4 Å². The molecule has 8 heteroatoms. The fourth-order valence-corrected chi connectivity index (χ4v) is 3.11. The molecule has 0 saturated carbocycles. The summed E-state index contributed by atoms with van der Waals surface area (Å²) in [6, 6.07) is 7.62. The number of hydrogen-bond donors (Lipinski definition) is 1. The van der Waals surface area contributed by atoms with Crippen molar-refractivity contribution in [3.05, 3.63) is 52.3 Å². The smallest absolute Gasteiger partial charge is 0.157 e. The van der Waals surface area contributed by atoms with Gasteiger partial charge in [-0.3, -0.25) is 0 Å². The standard InChI is InChI=1S/C17H14Cl2N4.ClH.H2O/c1-10-20-15-9-14(11-4-5-12(18)13(19)8-11)22-16(15)17(21-10)23-6-2-3-7-23;;/h2-5,8-9,22H,6-7H2,1H3;1H;1H2. The van der Waals surface area contributed by atoms with Gasteiger partial charge in [-0.15, -0.1) is 12.4 Å². The summed E-state index contributed by atoms with van der Waals surface area (Å²) < 4.78 is 0. The summed E-state index contributed by atoms with van der Waals surface area (Å²) in [6.07, 6.45) is 4.29. The minimum Gasteiger partial charge on any atom is -0.412 e. The fraction of sp³-hybridized carbons (Fsp3) is 0.176. The SMILES string of the molecule is Cc1nc(N2CC=CC2)c2[nH]c(-c3ccc(Cl)c(Cl)c3)cc2n1.Cl.O. The lowest BCUT2D eigenvalue weighted by atomic mass is 10.1. The molecule has 0 unspecified atom stereocenters. The first kappa shape index (κ1) is 19.5. The van der Waals surface area contributed by atoms with E-state index in [9.17, 15) is 0 Å². The third-order valence-corrected chi connectivity index (χ3v) is 4.66. The second-order valence-electron chi connectivity index (χ2n) is 5.54. The number of fused-ring (bicyclic) bond motifs is 1. The van der Waals surface area contributed by atoms with Gasteiger partial charge in [0.1, 0.15) is 11.3 Å². The van der Waals surface area contributed by atoms with E-state index in [0.717, 1.165) is 47.0 Å². The van der Waals surface area contributed by atoms with Gasteiger partial charge in [0.2, 0.25) is 0 Å². The number of nitrogens with one attached hydrogen (secondary N) is 1. The molecule has 0 radical (unpaired) electrons. The molecule has 0 spiro atoms. The van der Waals surface area contributed by atoms with Gasteiger partial charge in [-0.25, -0.2) is 9.97 Å². The second-order valence-corrected chi connectivity index (χ2v) is 6.36. The summed E-state index contributed by atoms with van der Waals surface area (Å²) in [5.74, 6) is 1.70. The van der Waals surface area contributed by atoms with E-state index in [0.29, 0.717) is 10.0 Å². The number of halogens is 3. The Hall–Kier alpha value is -1.79. The first-order valence-corrected chi connectivity index (χ1v) is 8.10. The van der Waals surface area contributed by atoms with E-state index in [2.05, 4.69) is 32.0 Å². The van der Waals surface area contributed by atoms with E-state index in [1.54, 1.807) is 6.07 Å². The van der Waals surface area contributed by atoms with Crippen LogP contribution in [0.25, 0.3) is 22.3 Å². The Balaban J connectivity index is 0.00000113. The molecular formula is C17H17Cl3N4O. The molecule has 0 aliphatic carbocycles. The van der Waals surface area contributed by atoms with E-state index >= 15 is 0 Å². The van der Waals surface area contributed by atoms with Crippen LogP contribution in [0.15, 0.2) is 36.4 Å². The second kappa shape index (κ2) is 7.62. The molecule has 1 aromatic carbocycles. The number of benzene rings is 1. The average Bonchev–Trinajstić information content (AvgIpc) is 3.18. The van der Waals surface area contributed by atoms with Crippen molar-refractivity contribution in [1.29, 1.82) is 0 Å². The third-order valence-electron chi connectivity index (χ3n) is 3.92. The van der Waals surface area contributed by atoms with Crippen LogP contribution in [-0.2, 0) is 0 Å². The highest BCUT2D eigenvalue weighted by Crippen LogP contribution is 2.32. The number of H-pyrrole nitrogens is 1. The van der Waals surface area contributed by atoms with Crippen molar-refractivity contribution in [3.8, 4) is 11.3 Å². The van der Waals surface area contributed by atoms with Crippen molar-refractivity contribution in [2.24, 2.45) is 0 Å². The van der Waals surface area contributed by atoms with Crippen LogP contribution < -0.4 is 4.90 Å². The predicted octanol–water partition coefficient (Wildman–Crippen LogP) is 4.21. The van der Waals surface area contributed by atoms with Crippen LogP contribution in [0.4, 0.5) is 5.82 Å². The molecule has 3 heterocycles. The van der Waals surface area contributed by atoms with E-state index in [1.807, 2.05) is 25.1 Å². The Morgan fingerprint density at radius 2 is 1.76 bits per heavy atom. The maximum Gasteiger partial charge on any atom is 0.157 e. The molecule has 132 valence electrons. The lowest BCUT2D eigenvalue weighted by Gasteiger charge is -2.17. The van der Waals surface area contributed by atoms with Crippen LogP contribution in [0.5, 0.6) is 0 Å². The molecule has 0 atom stereocenters. The van der Waals surface area contributed by atoms with Gasteiger partial charge in [0.25, 0.3) is 0 Å². The van der Waals surface area contributed by atoms with E-state index in [-0.39, 0.29) is 17.9 Å². The van der Waals surface area contributed by atoms with Crippen LogP contribution in [0.3, 0.4) is 0 Å². The molecule has 0 saturated heterocycles. The number of anilines is 1. The highest BCUT2D eigenvalue weighted by molar-refractivity contribution is 6.42. The number of nitrogens with zero attached hydrogens (tertiary/aromatic N) is 3. The predicted molar refractivity (Wildman–Crippen MR) is 106 cm³/mol. The maximum atomic E-state index is 6.13. The zero-order chi connectivity index (χ0) is 16.0. The van der Waals surface area contributed by atoms with E-state index in [1.165, 1.54) is 0 Å². The molecular weight excluding hydrogens is 383 g/mol. The molecule has 0 amide bonds. The van der Waals surface area contributed by atoms with Gasteiger partial charge in [0.15, 0.2) is 5.82 Å².